The van der Waals surface area contributed by atoms with Crippen molar-refractivity contribution in [1.82, 2.24) is 4.90 Å². The van der Waals surface area contributed by atoms with E-state index in [0.29, 0.717) is 62.1 Å². The first-order chi connectivity index (χ1) is 25.1. The molecular formula is C45H71NO8. The molecule has 0 radical (unpaired) electrons. The highest BCUT2D eigenvalue weighted by Crippen LogP contribution is 2.78. The minimum atomic E-state index is -1.15. The van der Waals surface area contributed by atoms with Crippen LogP contribution in [-0.4, -0.2) is 71.3 Å². The van der Waals surface area contributed by atoms with Crippen LogP contribution < -0.4 is 0 Å². The van der Waals surface area contributed by atoms with E-state index in [2.05, 4.69) is 48.1 Å². The van der Waals surface area contributed by atoms with E-state index in [0.717, 1.165) is 38.5 Å². The van der Waals surface area contributed by atoms with Gasteiger partial charge in [-0.1, -0.05) is 46.8 Å². The summed E-state index contributed by atoms with van der Waals surface area (Å²) in [5.41, 5.74) is 0.586. The Morgan fingerprint density at radius 1 is 0.796 bits per heavy atom. The number of likely N-dealkylation sites (tertiary alicyclic amines) is 1. The molecule has 0 aromatic heterocycles. The first-order valence-electron chi connectivity index (χ1n) is 21.3. The van der Waals surface area contributed by atoms with Crippen molar-refractivity contribution in [2.24, 2.45) is 68.0 Å². The lowest BCUT2D eigenvalue weighted by Gasteiger charge is -2.73. The summed E-state index contributed by atoms with van der Waals surface area (Å²) in [5.74, 6) is -0.0280. The molecule has 1 unspecified atom stereocenters. The minimum Gasteiger partial charge on any atom is -0.481 e. The number of ether oxygens (including phenoxy) is 2. The van der Waals surface area contributed by atoms with Crippen LogP contribution in [0.15, 0.2) is 12.2 Å². The lowest BCUT2D eigenvalue weighted by atomic mass is 9.32. The third kappa shape index (κ3) is 6.86. The third-order valence-electron chi connectivity index (χ3n) is 17.8. The van der Waals surface area contributed by atoms with Gasteiger partial charge in [-0.15, -0.1) is 0 Å². The van der Waals surface area contributed by atoms with Crippen LogP contribution in [0.5, 0.6) is 0 Å². The number of hydrogen-bond donors (Lipinski definition) is 2. The number of aliphatic carboxylic acids is 2. The van der Waals surface area contributed by atoms with Gasteiger partial charge in [-0.2, -0.15) is 0 Å². The number of esters is 2. The Morgan fingerprint density at radius 3 is 2.11 bits per heavy atom. The molecule has 9 heteroatoms. The number of nitrogens with zero attached hydrogens (tertiary/aromatic N) is 1. The van der Waals surface area contributed by atoms with Gasteiger partial charge in [0.25, 0.3) is 0 Å². The highest BCUT2D eigenvalue weighted by Gasteiger charge is 2.71. The summed E-state index contributed by atoms with van der Waals surface area (Å²) in [5, 5.41) is 19.0. The van der Waals surface area contributed by atoms with Crippen molar-refractivity contribution < 1.29 is 38.9 Å². The summed E-state index contributed by atoms with van der Waals surface area (Å²) in [7, 11) is 0. The van der Waals surface area contributed by atoms with Gasteiger partial charge in [0.15, 0.2) is 0 Å². The Bertz CT molecular complexity index is 1500. The molecule has 6 aliphatic rings. The maximum absolute atomic E-state index is 13.1. The predicted octanol–water partition coefficient (Wildman–Crippen LogP) is 8.79. The Hall–Kier alpha value is -2.42. The number of carbonyl (C=O) groups excluding carboxylic acids is 2. The molecule has 6 fully saturated rings. The summed E-state index contributed by atoms with van der Waals surface area (Å²) < 4.78 is 12.1. The van der Waals surface area contributed by atoms with Crippen LogP contribution in [0.1, 0.15) is 145 Å². The van der Waals surface area contributed by atoms with Crippen molar-refractivity contribution in [3.05, 3.63) is 12.2 Å². The molecule has 0 aromatic rings. The molecule has 5 aliphatic carbocycles. The van der Waals surface area contributed by atoms with Gasteiger partial charge in [-0.3, -0.25) is 24.1 Å². The van der Waals surface area contributed by atoms with E-state index in [1.165, 1.54) is 37.7 Å². The minimum absolute atomic E-state index is 0.122. The number of hydrogen-bond acceptors (Lipinski definition) is 7. The summed E-state index contributed by atoms with van der Waals surface area (Å²) in [4.78, 5) is 51.3. The summed E-state index contributed by atoms with van der Waals surface area (Å²) in [6.45, 7) is 24.3. The van der Waals surface area contributed by atoms with Crippen molar-refractivity contribution in [3.8, 4) is 0 Å². The Kier molecular flexibility index (Phi) is 11.1. The predicted molar refractivity (Wildman–Crippen MR) is 207 cm³/mol. The van der Waals surface area contributed by atoms with Gasteiger partial charge in [0, 0.05) is 5.41 Å². The molecule has 1 aliphatic heterocycles. The van der Waals surface area contributed by atoms with Gasteiger partial charge in [0.2, 0.25) is 0 Å². The molecule has 0 bridgehead atoms. The number of piperidine rings is 1. The first-order valence-corrected chi connectivity index (χ1v) is 21.3. The van der Waals surface area contributed by atoms with Gasteiger partial charge in [0.1, 0.15) is 6.10 Å². The fraction of sp³-hybridized carbons (Fsp3) is 0.867. The van der Waals surface area contributed by atoms with Crippen LogP contribution in [0.25, 0.3) is 0 Å². The van der Waals surface area contributed by atoms with E-state index in [9.17, 15) is 29.4 Å². The zero-order valence-corrected chi connectivity index (χ0v) is 34.8. The van der Waals surface area contributed by atoms with Crippen LogP contribution in [0.2, 0.25) is 0 Å². The molecule has 6 rings (SSSR count). The zero-order valence-electron chi connectivity index (χ0n) is 34.8. The van der Waals surface area contributed by atoms with E-state index in [1.54, 1.807) is 13.8 Å². The number of allylic oxidation sites excluding steroid dienone is 1. The third-order valence-corrected chi connectivity index (χ3v) is 17.8. The molecule has 10 atom stereocenters. The van der Waals surface area contributed by atoms with Gasteiger partial charge >= 0.3 is 23.9 Å². The summed E-state index contributed by atoms with van der Waals surface area (Å²) in [6.07, 6.45) is 12.9. The molecule has 5 saturated carbocycles. The molecule has 54 heavy (non-hydrogen) atoms. The van der Waals surface area contributed by atoms with E-state index in [-0.39, 0.29) is 58.0 Å². The Balaban J connectivity index is 1.15. The van der Waals surface area contributed by atoms with Crippen molar-refractivity contribution in [2.75, 3.05) is 26.2 Å². The topological polar surface area (TPSA) is 130 Å². The lowest BCUT2D eigenvalue weighted by molar-refractivity contribution is -0.251. The SMILES string of the molecule is C=C(C)C1CC[C@]2(CCOC(=O)CN3CCC(C(=O)O)CC3)CC[C@]3(C)[C@H](CC[C@@H]4[C@@]5(C)CC[C@H](OC(=O)CC(C)(C)C(=O)O)C(C)(C)[C@@H]5CC[C@]43C)[C@@H]12. The number of carboxylic acid groups (broad SMARTS) is 2. The molecule has 1 saturated heterocycles. The second-order valence-electron chi connectivity index (χ2n) is 21.1. The molecule has 0 aromatic carbocycles. The van der Waals surface area contributed by atoms with E-state index in [1.807, 2.05) is 4.90 Å². The molecular weight excluding hydrogens is 682 g/mol. The molecule has 0 spiro atoms. The average Bonchev–Trinajstić information content (AvgIpc) is 3.46. The van der Waals surface area contributed by atoms with Gasteiger partial charge in [-0.05, 0) is 169 Å². The Labute approximate surface area is 324 Å². The second-order valence-corrected chi connectivity index (χ2v) is 21.1. The van der Waals surface area contributed by atoms with Crippen LogP contribution in [0.3, 0.4) is 0 Å². The van der Waals surface area contributed by atoms with Crippen LogP contribution in [-0.2, 0) is 28.7 Å². The van der Waals surface area contributed by atoms with Crippen molar-refractivity contribution in [1.29, 1.82) is 0 Å². The molecule has 0 amide bonds. The molecule has 1 heterocycles. The fourth-order valence-corrected chi connectivity index (χ4v) is 14.5. The second kappa shape index (κ2) is 14.5. The van der Waals surface area contributed by atoms with Gasteiger partial charge in [-0.25, -0.2) is 0 Å². The zero-order chi connectivity index (χ0) is 39.6. The lowest BCUT2D eigenvalue weighted by Crippen LogP contribution is -2.66. The van der Waals surface area contributed by atoms with E-state index >= 15 is 0 Å². The highest BCUT2D eigenvalue weighted by molar-refractivity contribution is 5.81. The van der Waals surface area contributed by atoms with Gasteiger partial charge < -0.3 is 19.7 Å². The van der Waals surface area contributed by atoms with E-state index < -0.39 is 23.3 Å². The highest BCUT2D eigenvalue weighted by atomic mass is 16.5. The van der Waals surface area contributed by atoms with Crippen LogP contribution >= 0.6 is 0 Å². The summed E-state index contributed by atoms with van der Waals surface area (Å²) in [6, 6.07) is 0. The van der Waals surface area contributed by atoms with Crippen molar-refractivity contribution in [2.45, 2.75) is 151 Å². The molecule has 304 valence electrons. The smallest absolute Gasteiger partial charge is 0.320 e. The largest absolute Gasteiger partial charge is 0.481 e. The molecule has 2 N–H and O–H groups in total. The van der Waals surface area contributed by atoms with Crippen molar-refractivity contribution >= 4 is 23.9 Å². The number of rotatable bonds is 11. The fourth-order valence-electron chi connectivity index (χ4n) is 14.5. The summed E-state index contributed by atoms with van der Waals surface area (Å²) >= 11 is 0. The van der Waals surface area contributed by atoms with Gasteiger partial charge in [0.05, 0.1) is 30.9 Å². The quantitative estimate of drug-likeness (QED) is 0.157. The van der Waals surface area contributed by atoms with Crippen molar-refractivity contribution in [3.63, 3.8) is 0 Å². The Morgan fingerprint density at radius 2 is 1.48 bits per heavy atom. The standard InChI is InChI=1S/C45H71NO8/c1-28(2)30-12-19-45(22-25-53-36(48)27-46-23-15-29(16-24-46)38(49)50)21-20-43(8)31(37(30)45)10-11-33-42(7)17-14-34(54-35(47)26-40(3,4)39(51)52)41(5,6)32(42)13-18-44(33,43)9/h29-34,37H,1,10-27H2,2-9H3,(H,49,50)(H,51,52)/t30?,31-,32+,33-,34+,37-,42+,43-,44-,45-/m1/s1. The maximum atomic E-state index is 13.1. The first kappa shape index (κ1) is 41.2. The monoisotopic (exact) mass is 754 g/mol. The average molecular weight is 754 g/mol. The number of fused-ring (bicyclic) bond motifs is 7. The van der Waals surface area contributed by atoms with Crippen LogP contribution in [0.4, 0.5) is 0 Å². The maximum Gasteiger partial charge on any atom is 0.320 e. The van der Waals surface area contributed by atoms with E-state index in [4.69, 9.17) is 9.47 Å². The molecule has 9 nitrogen and oxygen atoms in total. The van der Waals surface area contributed by atoms with Crippen LogP contribution in [0, 0.1) is 68.0 Å². The number of carbonyl (C=O) groups is 4. The normalized spacial score (nSPS) is 40.7. The number of carboxylic acids is 2.